The molecule has 0 unspecified atom stereocenters. The van der Waals surface area contributed by atoms with Gasteiger partial charge in [-0.25, -0.2) is 0 Å². The molecule has 1 N–H and O–H groups in total. The quantitative estimate of drug-likeness (QED) is 0.335. The molecule has 0 radical (unpaired) electrons. The fraction of sp³-hybridized carbons (Fsp3) is 0.296. The third-order valence-corrected chi connectivity index (χ3v) is 5.75. The molecule has 3 aromatic rings. The number of aryl methyl sites for hydroxylation is 2. The fourth-order valence-corrected chi connectivity index (χ4v) is 3.75. The molecular formula is C27H30N2O6. The molecule has 0 atom stereocenters. The van der Waals surface area contributed by atoms with Gasteiger partial charge in [0, 0.05) is 29.1 Å². The number of hydrogen-bond donors (Lipinski definition) is 1. The van der Waals surface area contributed by atoms with Crippen molar-refractivity contribution in [3.05, 3.63) is 82.7 Å². The van der Waals surface area contributed by atoms with E-state index in [4.69, 9.17) is 14.2 Å². The Kier molecular flexibility index (Phi) is 8.67. The van der Waals surface area contributed by atoms with Crippen LogP contribution in [-0.4, -0.2) is 49.6 Å². The Morgan fingerprint density at radius 2 is 1.63 bits per heavy atom. The predicted molar refractivity (Wildman–Crippen MR) is 131 cm³/mol. The average Bonchev–Trinajstić information content (AvgIpc) is 3.17. The van der Waals surface area contributed by atoms with Crippen LogP contribution in [0.4, 0.5) is 0 Å². The van der Waals surface area contributed by atoms with Crippen LogP contribution in [0.1, 0.15) is 37.7 Å². The molecule has 184 valence electrons. The Morgan fingerprint density at radius 3 is 2.31 bits per heavy atom. The molecule has 0 fully saturated rings. The molecule has 1 amide bonds. The van der Waals surface area contributed by atoms with Gasteiger partial charge in [0.2, 0.25) is 5.78 Å². The number of ketones is 1. The predicted octanol–water partition coefficient (Wildman–Crippen LogP) is 3.52. The minimum absolute atomic E-state index is 0.290. The van der Waals surface area contributed by atoms with Gasteiger partial charge in [0.05, 0.1) is 14.2 Å². The Bertz CT molecular complexity index is 1200. The first-order valence-electron chi connectivity index (χ1n) is 11.2. The molecule has 1 heterocycles. The van der Waals surface area contributed by atoms with Crippen molar-refractivity contribution < 1.29 is 28.6 Å². The highest BCUT2D eigenvalue weighted by atomic mass is 16.5. The average molecular weight is 479 g/mol. The van der Waals surface area contributed by atoms with Gasteiger partial charge in [0.25, 0.3) is 5.91 Å². The molecule has 0 bridgehead atoms. The molecule has 1 aromatic heterocycles. The van der Waals surface area contributed by atoms with Gasteiger partial charge < -0.3 is 24.1 Å². The largest absolute Gasteiger partial charge is 0.497 e. The number of carbonyl (C=O) groups is 3. The Balaban J connectivity index is 1.51. The minimum Gasteiger partial charge on any atom is -0.497 e. The second kappa shape index (κ2) is 11.9. The maximum absolute atomic E-state index is 12.7. The van der Waals surface area contributed by atoms with Crippen LogP contribution >= 0.6 is 0 Å². The lowest BCUT2D eigenvalue weighted by molar-refractivity contribution is -0.141. The number of methoxy groups -OCH3 is 2. The number of esters is 1. The summed E-state index contributed by atoms with van der Waals surface area (Å²) >= 11 is 0. The third kappa shape index (κ3) is 6.72. The normalized spacial score (nSPS) is 10.5. The van der Waals surface area contributed by atoms with E-state index in [9.17, 15) is 14.4 Å². The van der Waals surface area contributed by atoms with Crippen molar-refractivity contribution in [3.63, 3.8) is 0 Å². The number of carbonyl (C=O) groups excluding carboxylic acids is 3. The standard InChI is InChI=1S/C27H30N2O6/c1-18-14-24(19(2)29(18)13-12-20-8-10-22(33-3)11-9-20)25(30)17-35-26(31)16-28-27(32)21-6-5-7-23(15-21)34-4/h5-11,14-15H,12-13,16-17H2,1-4H3,(H,28,32). The maximum atomic E-state index is 12.7. The second-order valence-electron chi connectivity index (χ2n) is 8.03. The zero-order valence-electron chi connectivity index (χ0n) is 20.4. The number of benzene rings is 2. The molecular weight excluding hydrogens is 448 g/mol. The van der Waals surface area contributed by atoms with Crippen LogP contribution in [0, 0.1) is 13.8 Å². The highest BCUT2D eigenvalue weighted by Crippen LogP contribution is 2.18. The number of amides is 1. The Hall–Kier alpha value is -4.07. The van der Waals surface area contributed by atoms with Gasteiger partial charge in [-0.3, -0.25) is 14.4 Å². The van der Waals surface area contributed by atoms with Crippen molar-refractivity contribution in [2.45, 2.75) is 26.8 Å². The third-order valence-electron chi connectivity index (χ3n) is 5.75. The van der Waals surface area contributed by atoms with E-state index in [1.165, 1.54) is 7.11 Å². The SMILES string of the molecule is COc1ccc(CCn2c(C)cc(C(=O)COC(=O)CNC(=O)c3cccc(OC)c3)c2C)cc1. The number of nitrogens with zero attached hydrogens (tertiary/aromatic N) is 1. The van der Waals surface area contributed by atoms with Crippen molar-refractivity contribution in [3.8, 4) is 11.5 Å². The van der Waals surface area contributed by atoms with Crippen LogP contribution in [0.3, 0.4) is 0 Å². The van der Waals surface area contributed by atoms with E-state index in [1.54, 1.807) is 31.4 Å². The first-order valence-corrected chi connectivity index (χ1v) is 11.2. The summed E-state index contributed by atoms with van der Waals surface area (Å²) in [5.41, 5.74) is 3.82. The van der Waals surface area contributed by atoms with Crippen molar-refractivity contribution in [2.75, 3.05) is 27.4 Å². The molecule has 0 aliphatic carbocycles. The number of aromatic nitrogens is 1. The highest BCUT2D eigenvalue weighted by molar-refractivity contribution is 6.00. The fourth-order valence-electron chi connectivity index (χ4n) is 3.75. The molecule has 0 spiro atoms. The lowest BCUT2D eigenvalue weighted by atomic mass is 10.1. The number of Topliss-reactive ketones (excluding diaryl/α,β-unsaturated/α-hetero) is 1. The summed E-state index contributed by atoms with van der Waals surface area (Å²) in [5, 5.41) is 2.49. The molecule has 0 aliphatic heterocycles. The van der Waals surface area contributed by atoms with Gasteiger partial charge in [0.1, 0.15) is 18.0 Å². The zero-order valence-corrected chi connectivity index (χ0v) is 20.4. The first kappa shape index (κ1) is 25.6. The summed E-state index contributed by atoms with van der Waals surface area (Å²) in [5.74, 6) is -0.0754. The molecule has 0 saturated heterocycles. The van der Waals surface area contributed by atoms with Gasteiger partial charge in [-0.05, 0) is 62.2 Å². The highest BCUT2D eigenvalue weighted by Gasteiger charge is 2.18. The van der Waals surface area contributed by atoms with E-state index in [0.717, 1.165) is 29.1 Å². The van der Waals surface area contributed by atoms with Gasteiger partial charge in [-0.1, -0.05) is 18.2 Å². The molecule has 0 saturated carbocycles. The molecule has 2 aromatic carbocycles. The smallest absolute Gasteiger partial charge is 0.325 e. The van der Waals surface area contributed by atoms with Crippen molar-refractivity contribution >= 4 is 17.7 Å². The van der Waals surface area contributed by atoms with Gasteiger partial charge in [-0.15, -0.1) is 0 Å². The van der Waals surface area contributed by atoms with Crippen molar-refractivity contribution in [1.29, 1.82) is 0 Å². The summed E-state index contributed by atoms with van der Waals surface area (Å²) < 4.78 is 17.5. The summed E-state index contributed by atoms with van der Waals surface area (Å²) in [6.07, 6.45) is 0.802. The summed E-state index contributed by atoms with van der Waals surface area (Å²) in [6.45, 7) is 3.80. The molecule has 8 heteroatoms. The molecule has 35 heavy (non-hydrogen) atoms. The Labute approximate surface area is 204 Å². The lowest BCUT2D eigenvalue weighted by Gasteiger charge is -2.11. The summed E-state index contributed by atoms with van der Waals surface area (Å²) in [7, 11) is 3.14. The van der Waals surface area contributed by atoms with E-state index in [-0.39, 0.29) is 12.3 Å². The first-order chi connectivity index (χ1) is 16.8. The maximum Gasteiger partial charge on any atom is 0.325 e. The van der Waals surface area contributed by atoms with Gasteiger partial charge in [0.15, 0.2) is 6.61 Å². The van der Waals surface area contributed by atoms with E-state index >= 15 is 0 Å². The van der Waals surface area contributed by atoms with Crippen molar-refractivity contribution in [1.82, 2.24) is 9.88 Å². The van der Waals surface area contributed by atoms with Crippen molar-refractivity contribution in [2.24, 2.45) is 0 Å². The lowest BCUT2D eigenvalue weighted by Crippen LogP contribution is -2.31. The van der Waals surface area contributed by atoms with E-state index in [0.29, 0.717) is 23.4 Å². The summed E-state index contributed by atoms with van der Waals surface area (Å²) in [6, 6.07) is 16.3. The number of hydrogen-bond acceptors (Lipinski definition) is 6. The number of rotatable bonds is 11. The van der Waals surface area contributed by atoms with E-state index in [1.807, 2.05) is 44.2 Å². The monoisotopic (exact) mass is 478 g/mol. The summed E-state index contributed by atoms with van der Waals surface area (Å²) in [4.78, 5) is 37.0. The number of ether oxygens (including phenoxy) is 3. The van der Waals surface area contributed by atoms with Gasteiger partial charge in [-0.2, -0.15) is 0 Å². The minimum atomic E-state index is -0.692. The van der Waals surface area contributed by atoms with E-state index in [2.05, 4.69) is 9.88 Å². The van der Waals surface area contributed by atoms with Crippen LogP contribution in [0.2, 0.25) is 0 Å². The molecule has 8 nitrogen and oxygen atoms in total. The van der Waals surface area contributed by atoms with Crippen LogP contribution in [0.15, 0.2) is 54.6 Å². The second-order valence-corrected chi connectivity index (χ2v) is 8.03. The molecule has 0 aliphatic rings. The van der Waals surface area contributed by atoms with E-state index < -0.39 is 18.5 Å². The number of nitrogens with one attached hydrogen (secondary N) is 1. The van der Waals surface area contributed by atoms with Crippen LogP contribution < -0.4 is 14.8 Å². The van der Waals surface area contributed by atoms with Gasteiger partial charge >= 0.3 is 5.97 Å². The molecule has 3 rings (SSSR count). The van der Waals surface area contributed by atoms with Crippen LogP contribution in [0.25, 0.3) is 0 Å². The van der Waals surface area contributed by atoms with Crippen LogP contribution in [0.5, 0.6) is 11.5 Å². The van der Waals surface area contributed by atoms with Crippen LogP contribution in [-0.2, 0) is 22.5 Å². The topological polar surface area (TPSA) is 95.9 Å². The Morgan fingerprint density at radius 1 is 0.914 bits per heavy atom. The zero-order chi connectivity index (χ0) is 25.4.